The van der Waals surface area contributed by atoms with Gasteiger partial charge in [-0.05, 0) is 6.42 Å². The number of rotatable bonds is 9. The summed E-state index contributed by atoms with van der Waals surface area (Å²) in [7, 11) is 0. The molecule has 5 nitrogen and oxygen atoms in total. The molecule has 1 unspecified atom stereocenters. The van der Waals surface area contributed by atoms with E-state index < -0.39 is 11.5 Å². The first-order valence-corrected chi connectivity index (χ1v) is 5.22. The Morgan fingerprint density at radius 2 is 1.80 bits per heavy atom. The normalized spacial score (nSPS) is 14.2. The highest BCUT2D eigenvalue weighted by atomic mass is 16.5. The fourth-order valence-electron chi connectivity index (χ4n) is 1.37. The Labute approximate surface area is 90.3 Å². The van der Waals surface area contributed by atoms with Gasteiger partial charge in [-0.2, -0.15) is 0 Å². The Kier molecular flexibility index (Phi) is 7.90. The van der Waals surface area contributed by atoms with Gasteiger partial charge < -0.3 is 25.2 Å². The average Bonchev–Trinajstić information content (AvgIpc) is 2.27. The quantitative estimate of drug-likeness (QED) is 0.407. The predicted molar refractivity (Wildman–Crippen MR) is 55.4 cm³/mol. The lowest BCUT2D eigenvalue weighted by atomic mass is 9.86. The molecule has 0 saturated heterocycles. The van der Waals surface area contributed by atoms with Crippen molar-refractivity contribution in [2.24, 2.45) is 5.41 Å². The molecule has 0 radical (unpaired) electrons. The van der Waals surface area contributed by atoms with Crippen molar-refractivity contribution in [1.29, 1.82) is 0 Å². The first-order valence-electron chi connectivity index (χ1n) is 5.22. The van der Waals surface area contributed by atoms with E-state index in [1.54, 1.807) is 0 Å². The zero-order valence-corrected chi connectivity index (χ0v) is 9.22. The van der Waals surface area contributed by atoms with Crippen molar-refractivity contribution >= 4 is 0 Å². The van der Waals surface area contributed by atoms with Gasteiger partial charge in [0.1, 0.15) is 6.10 Å². The maximum absolute atomic E-state index is 9.18. The highest BCUT2D eigenvalue weighted by Gasteiger charge is 2.28. The van der Waals surface area contributed by atoms with E-state index >= 15 is 0 Å². The molecule has 92 valence electrons. The van der Waals surface area contributed by atoms with Crippen molar-refractivity contribution in [3.05, 3.63) is 0 Å². The highest BCUT2D eigenvalue weighted by molar-refractivity contribution is 4.77. The third kappa shape index (κ3) is 5.44. The van der Waals surface area contributed by atoms with E-state index in [2.05, 4.69) is 0 Å². The molecule has 0 spiro atoms. The van der Waals surface area contributed by atoms with Gasteiger partial charge >= 0.3 is 0 Å². The monoisotopic (exact) mass is 222 g/mol. The van der Waals surface area contributed by atoms with E-state index in [0.29, 0.717) is 6.42 Å². The van der Waals surface area contributed by atoms with Crippen LogP contribution in [-0.4, -0.2) is 59.6 Å². The van der Waals surface area contributed by atoms with Crippen LogP contribution in [-0.2, 0) is 4.74 Å². The zero-order chi connectivity index (χ0) is 11.7. The molecule has 0 aromatic rings. The second kappa shape index (κ2) is 8.01. The summed E-state index contributed by atoms with van der Waals surface area (Å²) < 4.78 is 5.16. The van der Waals surface area contributed by atoms with Crippen LogP contribution in [0.15, 0.2) is 0 Å². The van der Waals surface area contributed by atoms with Crippen LogP contribution in [0.5, 0.6) is 0 Å². The van der Waals surface area contributed by atoms with Crippen molar-refractivity contribution in [2.45, 2.75) is 25.9 Å². The van der Waals surface area contributed by atoms with E-state index in [0.717, 1.165) is 6.42 Å². The maximum Gasteiger partial charge on any atom is 0.100 e. The van der Waals surface area contributed by atoms with Gasteiger partial charge in [-0.1, -0.05) is 13.3 Å². The SMILES string of the molecule is CCCC(CO)(CO)COCC(O)CO. The summed E-state index contributed by atoms with van der Waals surface area (Å²) in [4.78, 5) is 0. The van der Waals surface area contributed by atoms with Crippen LogP contribution in [0.2, 0.25) is 0 Å². The molecule has 0 amide bonds. The molecule has 1 atom stereocenters. The van der Waals surface area contributed by atoms with Crippen molar-refractivity contribution in [3.8, 4) is 0 Å². The van der Waals surface area contributed by atoms with Gasteiger partial charge in [0.05, 0.1) is 33.0 Å². The van der Waals surface area contributed by atoms with Gasteiger partial charge in [0, 0.05) is 5.41 Å². The molecule has 0 rings (SSSR count). The third-order valence-electron chi connectivity index (χ3n) is 2.38. The predicted octanol–water partition coefficient (Wildman–Crippen LogP) is -0.873. The van der Waals surface area contributed by atoms with Crippen LogP contribution in [0.4, 0.5) is 0 Å². The Hall–Kier alpha value is -0.200. The number of ether oxygens (including phenoxy) is 1. The van der Waals surface area contributed by atoms with Crippen LogP contribution in [0.25, 0.3) is 0 Å². The summed E-state index contributed by atoms with van der Waals surface area (Å²) in [6.45, 7) is 1.52. The van der Waals surface area contributed by atoms with E-state index in [-0.39, 0.29) is 33.0 Å². The fourth-order valence-corrected chi connectivity index (χ4v) is 1.37. The molecule has 0 aromatic heterocycles. The van der Waals surface area contributed by atoms with Crippen LogP contribution < -0.4 is 0 Å². The van der Waals surface area contributed by atoms with Gasteiger partial charge in [-0.15, -0.1) is 0 Å². The fraction of sp³-hybridized carbons (Fsp3) is 1.00. The minimum Gasteiger partial charge on any atom is -0.396 e. The molecular weight excluding hydrogens is 200 g/mol. The summed E-state index contributed by atoms with van der Waals surface area (Å²) in [5.41, 5.74) is -0.635. The van der Waals surface area contributed by atoms with Gasteiger partial charge in [0.25, 0.3) is 0 Å². The third-order valence-corrected chi connectivity index (χ3v) is 2.38. The number of aliphatic hydroxyl groups is 4. The second-order valence-corrected chi connectivity index (χ2v) is 3.92. The largest absolute Gasteiger partial charge is 0.396 e. The molecule has 0 aromatic carbocycles. The van der Waals surface area contributed by atoms with Crippen LogP contribution in [0.1, 0.15) is 19.8 Å². The lowest BCUT2D eigenvalue weighted by Crippen LogP contribution is -2.36. The number of aliphatic hydroxyl groups excluding tert-OH is 4. The average molecular weight is 222 g/mol. The molecule has 0 aliphatic rings. The van der Waals surface area contributed by atoms with Gasteiger partial charge in [-0.3, -0.25) is 0 Å². The molecule has 0 aliphatic carbocycles. The first-order chi connectivity index (χ1) is 7.14. The molecule has 4 N–H and O–H groups in total. The summed E-state index contributed by atoms with van der Waals surface area (Å²) in [6, 6.07) is 0. The minimum atomic E-state index is -0.901. The lowest BCUT2D eigenvalue weighted by molar-refractivity contribution is -0.0619. The summed E-state index contributed by atoms with van der Waals surface area (Å²) >= 11 is 0. The van der Waals surface area contributed by atoms with Crippen molar-refractivity contribution in [3.63, 3.8) is 0 Å². The summed E-state index contributed by atoms with van der Waals surface area (Å²) in [5.74, 6) is 0. The first kappa shape index (κ1) is 14.8. The van der Waals surface area contributed by atoms with E-state index in [9.17, 15) is 10.2 Å². The van der Waals surface area contributed by atoms with Gasteiger partial charge in [0.2, 0.25) is 0 Å². The van der Waals surface area contributed by atoms with Crippen molar-refractivity contribution < 1.29 is 25.2 Å². The van der Waals surface area contributed by atoms with Gasteiger partial charge in [0.15, 0.2) is 0 Å². The van der Waals surface area contributed by atoms with E-state index in [1.807, 2.05) is 6.92 Å². The molecular formula is C10H22O5. The maximum atomic E-state index is 9.18. The van der Waals surface area contributed by atoms with Crippen molar-refractivity contribution in [2.75, 3.05) is 33.0 Å². The number of hydrogen-bond donors (Lipinski definition) is 4. The van der Waals surface area contributed by atoms with Crippen LogP contribution in [0, 0.1) is 5.41 Å². The van der Waals surface area contributed by atoms with E-state index in [1.165, 1.54) is 0 Å². The molecule has 0 saturated carbocycles. The topological polar surface area (TPSA) is 90.2 Å². The Bertz CT molecular complexity index is 147. The highest BCUT2D eigenvalue weighted by Crippen LogP contribution is 2.23. The van der Waals surface area contributed by atoms with Crippen molar-refractivity contribution in [1.82, 2.24) is 0 Å². The standard InChI is InChI=1S/C10H22O5/c1-2-3-10(6-12,7-13)8-15-5-9(14)4-11/h9,11-14H,2-8H2,1H3. The molecule has 0 bridgehead atoms. The second-order valence-electron chi connectivity index (χ2n) is 3.92. The molecule has 0 fully saturated rings. The molecule has 0 aliphatic heterocycles. The summed E-state index contributed by atoms with van der Waals surface area (Å²) in [5, 5.41) is 35.9. The number of hydrogen-bond acceptors (Lipinski definition) is 5. The molecule has 0 heterocycles. The summed E-state index contributed by atoms with van der Waals surface area (Å²) in [6.07, 6.45) is 0.601. The van der Waals surface area contributed by atoms with E-state index in [4.69, 9.17) is 14.9 Å². The molecule has 15 heavy (non-hydrogen) atoms. The smallest absolute Gasteiger partial charge is 0.100 e. The Balaban J connectivity index is 3.94. The zero-order valence-electron chi connectivity index (χ0n) is 9.22. The van der Waals surface area contributed by atoms with Crippen LogP contribution in [0.3, 0.4) is 0 Å². The lowest BCUT2D eigenvalue weighted by Gasteiger charge is -2.29. The Morgan fingerprint density at radius 3 is 2.20 bits per heavy atom. The van der Waals surface area contributed by atoms with Gasteiger partial charge in [-0.25, -0.2) is 0 Å². The molecule has 5 heteroatoms. The van der Waals surface area contributed by atoms with Crippen LogP contribution >= 0.6 is 0 Å². The minimum absolute atomic E-state index is 0.0158. The Morgan fingerprint density at radius 1 is 1.20 bits per heavy atom.